The van der Waals surface area contributed by atoms with Gasteiger partial charge in [-0.2, -0.15) is 0 Å². The van der Waals surface area contributed by atoms with Crippen LogP contribution in [0.3, 0.4) is 0 Å². The Morgan fingerprint density at radius 1 is 1.35 bits per heavy atom. The van der Waals surface area contributed by atoms with Crippen LogP contribution in [0.2, 0.25) is 0 Å². The fraction of sp³-hybridized carbons (Fsp3) is 0.857. The molecule has 1 amide bonds. The fourth-order valence-corrected chi connectivity index (χ4v) is 2.29. The van der Waals surface area contributed by atoms with E-state index in [1.165, 1.54) is 0 Å². The van der Waals surface area contributed by atoms with E-state index in [2.05, 4.69) is 0 Å². The van der Waals surface area contributed by atoms with Crippen LogP contribution in [0, 0.1) is 0 Å². The molecule has 1 fully saturated rings. The average molecular weight is 287 g/mol. The summed E-state index contributed by atoms with van der Waals surface area (Å²) < 4.78 is 15.4. The zero-order chi connectivity index (χ0) is 15.2. The van der Waals surface area contributed by atoms with Crippen LogP contribution < -0.4 is 0 Å². The Kier molecular flexibility index (Phi) is 6.42. The lowest BCUT2D eigenvalue weighted by Crippen LogP contribution is -2.45. The third kappa shape index (κ3) is 5.09. The summed E-state index contributed by atoms with van der Waals surface area (Å²) in [4.78, 5) is 24.9. The van der Waals surface area contributed by atoms with E-state index in [1.807, 2.05) is 20.8 Å². The van der Waals surface area contributed by atoms with Gasteiger partial charge in [-0.05, 0) is 40.0 Å². The Balaban J connectivity index is 2.59. The second kappa shape index (κ2) is 7.59. The average Bonchev–Trinajstić information content (AvgIpc) is 2.75. The summed E-state index contributed by atoms with van der Waals surface area (Å²) >= 11 is 0. The normalized spacial score (nSPS) is 22.9. The number of hydrogen-bond donors (Lipinski definition) is 0. The molecule has 1 heterocycles. The molecule has 6 heteroatoms. The molecule has 0 aromatic rings. The lowest BCUT2D eigenvalue weighted by Gasteiger charge is -2.30. The van der Waals surface area contributed by atoms with Gasteiger partial charge in [0, 0.05) is 13.2 Å². The molecular weight excluding hydrogens is 262 g/mol. The predicted molar refractivity (Wildman–Crippen MR) is 73.4 cm³/mol. The molecule has 1 aliphatic rings. The molecule has 0 spiro atoms. The van der Waals surface area contributed by atoms with Crippen LogP contribution in [0.1, 0.15) is 40.0 Å². The Hall–Kier alpha value is -1.14. The van der Waals surface area contributed by atoms with Crippen molar-refractivity contribution >= 4 is 12.4 Å². The summed E-state index contributed by atoms with van der Waals surface area (Å²) in [6, 6.07) is -0.408. The molecule has 0 aromatic carbocycles. The lowest BCUT2D eigenvalue weighted by atomic mass is 10.1. The number of methoxy groups -OCH3 is 1. The number of nitrogens with zero attached hydrogens (tertiary/aromatic N) is 1. The minimum atomic E-state index is -0.565. The van der Waals surface area contributed by atoms with E-state index in [0.717, 1.165) is 12.7 Å². The number of likely N-dealkylation sites (tertiary alicyclic amines) is 1. The van der Waals surface area contributed by atoms with E-state index in [4.69, 9.17) is 14.2 Å². The highest BCUT2D eigenvalue weighted by molar-refractivity contribution is 5.75. The van der Waals surface area contributed by atoms with Gasteiger partial charge in [-0.15, -0.1) is 0 Å². The van der Waals surface area contributed by atoms with Crippen LogP contribution in [-0.4, -0.2) is 55.5 Å². The van der Waals surface area contributed by atoms with Crippen molar-refractivity contribution < 1.29 is 23.8 Å². The second-order valence-corrected chi connectivity index (χ2v) is 5.93. The van der Waals surface area contributed by atoms with Crippen LogP contribution in [0.25, 0.3) is 0 Å². The highest BCUT2D eigenvalue weighted by Gasteiger charge is 2.38. The van der Waals surface area contributed by atoms with Gasteiger partial charge in [-0.3, -0.25) is 4.90 Å². The monoisotopic (exact) mass is 287 g/mol. The molecule has 1 rings (SSSR count). The first kappa shape index (κ1) is 16.9. The summed E-state index contributed by atoms with van der Waals surface area (Å²) in [6.07, 6.45) is 2.53. The smallest absolute Gasteiger partial charge is 0.411 e. The van der Waals surface area contributed by atoms with Gasteiger partial charge in [0.05, 0.1) is 12.6 Å². The number of carbonyl (C=O) groups excluding carboxylic acids is 2. The van der Waals surface area contributed by atoms with Crippen LogP contribution in [0.15, 0.2) is 0 Å². The van der Waals surface area contributed by atoms with Crippen molar-refractivity contribution in [3.8, 4) is 0 Å². The molecule has 1 saturated heterocycles. The maximum atomic E-state index is 12.2. The summed E-state index contributed by atoms with van der Waals surface area (Å²) in [5, 5.41) is 0. The predicted octanol–water partition coefficient (Wildman–Crippen LogP) is 1.96. The molecule has 0 aromatic heterocycles. The van der Waals surface area contributed by atoms with Crippen LogP contribution in [0.4, 0.5) is 4.79 Å². The molecule has 0 saturated carbocycles. The minimum Gasteiger partial charge on any atom is -0.444 e. The van der Waals surface area contributed by atoms with Crippen molar-refractivity contribution in [2.45, 2.75) is 57.7 Å². The van der Waals surface area contributed by atoms with E-state index in [9.17, 15) is 9.59 Å². The summed E-state index contributed by atoms with van der Waals surface area (Å²) in [5.41, 5.74) is -0.565. The summed E-state index contributed by atoms with van der Waals surface area (Å²) in [5.74, 6) is 0. The first-order valence-corrected chi connectivity index (χ1v) is 6.92. The lowest BCUT2D eigenvalue weighted by molar-refractivity contribution is -0.112. The van der Waals surface area contributed by atoms with E-state index in [0.29, 0.717) is 19.4 Å². The van der Waals surface area contributed by atoms with Gasteiger partial charge in [0.25, 0.3) is 0 Å². The highest BCUT2D eigenvalue weighted by atomic mass is 16.7. The quantitative estimate of drug-likeness (QED) is 0.424. The van der Waals surface area contributed by atoms with Crippen molar-refractivity contribution in [3.05, 3.63) is 0 Å². The number of aldehydes is 1. The fourth-order valence-electron chi connectivity index (χ4n) is 2.29. The molecule has 0 aliphatic carbocycles. The molecule has 6 nitrogen and oxygen atoms in total. The zero-order valence-corrected chi connectivity index (χ0v) is 12.8. The maximum absolute atomic E-state index is 12.2. The van der Waals surface area contributed by atoms with Crippen molar-refractivity contribution in [2.24, 2.45) is 0 Å². The summed E-state index contributed by atoms with van der Waals surface area (Å²) in [7, 11) is 1.56. The molecule has 0 radical (unpaired) electrons. The largest absolute Gasteiger partial charge is 0.444 e. The molecule has 2 unspecified atom stereocenters. The third-order valence-corrected chi connectivity index (χ3v) is 3.10. The van der Waals surface area contributed by atoms with Gasteiger partial charge in [0.2, 0.25) is 0 Å². The molecule has 2 atom stereocenters. The number of hydrogen-bond acceptors (Lipinski definition) is 5. The summed E-state index contributed by atoms with van der Waals surface area (Å²) in [6.45, 7) is 6.16. The van der Waals surface area contributed by atoms with Gasteiger partial charge in [0.1, 0.15) is 18.7 Å². The van der Waals surface area contributed by atoms with Crippen LogP contribution in [0.5, 0.6) is 0 Å². The van der Waals surface area contributed by atoms with Gasteiger partial charge >= 0.3 is 6.09 Å². The van der Waals surface area contributed by atoms with E-state index in [-0.39, 0.29) is 12.8 Å². The Labute approximate surface area is 120 Å². The van der Waals surface area contributed by atoms with Crippen molar-refractivity contribution in [1.29, 1.82) is 0 Å². The number of carbonyl (C=O) groups is 2. The van der Waals surface area contributed by atoms with Crippen molar-refractivity contribution in [1.82, 2.24) is 4.90 Å². The number of amides is 1. The standard InChI is InChI=1S/C14H25NO5/c1-14(2,3)20-13(17)15-11(5-6-12(15)9-16)7-8-19-10-18-4/h9,11-12H,5-8,10H2,1-4H3. The van der Waals surface area contributed by atoms with Crippen molar-refractivity contribution in [3.63, 3.8) is 0 Å². The SMILES string of the molecule is COCOCCC1CCC(C=O)N1C(=O)OC(C)(C)C. The van der Waals surface area contributed by atoms with Gasteiger partial charge in [-0.1, -0.05) is 0 Å². The minimum absolute atomic E-state index is 0.0168. The maximum Gasteiger partial charge on any atom is 0.411 e. The van der Waals surface area contributed by atoms with Crippen LogP contribution >= 0.6 is 0 Å². The first-order chi connectivity index (χ1) is 9.39. The Morgan fingerprint density at radius 2 is 2.05 bits per heavy atom. The second-order valence-electron chi connectivity index (χ2n) is 5.93. The van der Waals surface area contributed by atoms with Crippen molar-refractivity contribution in [2.75, 3.05) is 20.5 Å². The molecule has 1 aliphatic heterocycles. The van der Waals surface area contributed by atoms with Gasteiger partial charge in [-0.25, -0.2) is 4.79 Å². The zero-order valence-electron chi connectivity index (χ0n) is 12.8. The molecule has 20 heavy (non-hydrogen) atoms. The van der Waals surface area contributed by atoms with Gasteiger partial charge < -0.3 is 19.0 Å². The molecule has 0 bridgehead atoms. The Morgan fingerprint density at radius 3 is 2.60 bits per heavy atom. The van der Waals surface area contributed by atoms with E-state index in [1.54, 1.807) is 12.0 Å². The molecular formula is C14H25NO5. The first-order valence-electron chi connectivity index (χ1n) is 6.92. The number of rotatable bonds is 6. The van der Waals surface area contributed by atoms with Gasteiger partial charge in [0.15, 0.2) is 0 Å². The number of ether oxygens (including phenoxy) is 3. The topological polar surface area (TPSA) is 65.1 Å². The van der Waals surface area contributed by atoms with Crippen LogP contribution in [-0.2, 0) is 19.0 Å². The molecule has 0 N–H and O–H groups in total. The highest BCUT2D eigenvalue weighted by Crippen LogP contribution is 2.27. The third-order valence-electron chi connectivity index (χ3n) is 3.10. The Bertz CT molecular complexity index is 326. The van der Waals surface area contributed by atoms with E-state index >= 15 is 0 Å². The van der Waals surface area contributed by atoms with E-state index < -0.39 is 17.7 Å². The molecule has 116 valence electrons.